The lowest BCUT2D eigenvalue weighted by Crippen LogP contribution is -2.32. The first-order valence-corrected chi connectivity index (χ1v) is 6.69. The molecule has 120 valence electrons. The zero-order chi connectivity index (χ0) is 16.8. The summed E-state index contributed by atoms with van der Waals surface area (Å²) < 4.78 is 5.06. The number of hydrazone groups is 1. The number of ether oxygens (including phenoxy) is 1. The highest BCUT2D eigenvalue weighted by Gasteiger charge is 2.11. The molecule has 0 aliphatic carbocycles. The summed E-state index contributed by atoms with van der Waals surface area (Å²) in [6, 6.07) is 11.6. The Hall–Kier alpha value is -3.26. The number of methoxy groups -OCH3 is 1. The topological polar surface area (TPSA) is 141 Å². The maximum absolute atomic E-state index is 12.3. The van der Waals surface area contributed by atoms with Gasteiger partial charge in [-0.05, 0) is 42.5 Å². The van der Waals surface area contributed by atoms with Gasteiger partial charge in [0.1, 0.15) is 5.75 Å². The van der Waals surface area contributed by atoms with Crippen molar-refractivity contribution in [3.05, 3.63) is 53.6 Å². The fourth-order valence-corrected chi connectivity index (χ4v) is 1.94. The maximum atomic E-state index is 12.3. The predicted molar refractivity (Wildman–Crippen MR) is 89.8 cm³/mol. The van der Waals surface area contributed by atoms with Gasteiger partial charge in [0, 0.05) is 11.1 Å². The number of nitrogens with zero attached hydrogens (tertiary/aromatic N) is 1. The highest BCUT2D eigenvalue weighted by atomic mass is 16.5. The van der Waals surface area contributed by atoms with E-state index in [0.717, 1.165) is 0 Å². The first-order chi connectivity index (χ1) is 11.1. The van der Waals surface area contributed by atoms with E-state index < -0.39 is 0 Å². The number of benzene rings is 2. The average molecular weight is 314 g/mol. The molecule has 23 heavy (non-hydrogen) atoms. The molecule has 0 saturated carbocycles. The molecule has 0 saturated heterocycles. The minimum Gasteiger partial charge on any atom is -0.497 e. The van der Waals surface area contributed by atoms with Crippen LogP contribution in [0.2, 0.25) is 0 Å². The molecule has 0 radical (unpaired) electrons. The van der Waals surface area contributed by atoms with E-state index in [1.165, 1.54) is 0 Å². The second-order valence-corrected chi connectivity index (χ2v) is 4.61. The van der Waals surface area contributed by atoms with Crippen LogP contribution in [0.15, 0.2) is 47.6 Å². The first-order valence-electron chi connectivity index (χ1n) is 6.69. The average Bonchev–Trinajstić information content (AvgIpc) is 2.58. The van der Waals surface area contributed by atoms with Crippen LogP contribution in [-0.2, 0) is 0 Å². The quantitative estimate of drug-likeness (QED) is 0.184. The Morgan fingerprint density at radius 1 is 1.13 bits per heavy atom. The van der Waals surface area contributed by atoms with Crippen molar-refractivity contribution < 1.29 is 9.53 Å². The van der Waals surface area contributed by atoms with Gasteiger partial charge in [-0.25, -0.2) is 5.84 Å². The molecule has 2 aromatic carbocycles. The number of hydrazine groups is 1. The summed E-state index contributed by atoms with van der Waals surface area (Å²) in [6.45, 7) is 0. The SMILES string of the molecule is COc1ccc(C(=O)Nc2cc(/C(=N/N)NN)ccc2N)cc1. The van der Waals surface area contributed by atoms with Crippen molar-refractivity contribution in [2.75, 3.05) is 18.2 Å². The van der Waals surface area contributed by atoms with Crippen LogP contribution < -0.4 is 32.9 Å². The number of carbonyl (C=O) groups excluding carboxylic acids is 1. The lowest BCUT2D eigenvalue weighted by atomic mass is 10.1. The largest absolute Gasteiger partial charge is 0.497 e. The highest BCUT2D eigenvalue weighted by molar-refractivity contribution is 6.07. The maximum Gasteiger partial charge on any atom is 0.255 e. The van der Waals surface area contributed by atoms with Crippen molar-refractivity contribution in [1.82, 2.24) is 5.43 Å². The van der Waals surface area contributed by atoms with Crippen LogP contribution in [-0.4, -0.2) is 18.9 Å². The molecule has 0 fully saturated rings. The second kappa shape index (κ2) is 7.14. The molecule has 0 atom stereocenters. The zero-order valence-corrected chi connectivity index (χ0v) is 12.5. The number of nitrogens with one attached hydrogen (secondary N) is 2. The van der Waals surface area contributed by atoms with E-state index in [1.807, 2.05) is 0 Å². The Balaban J connectivity index is 2.24. The van der Waals surface area contributed by atoms with Crippen LogP contribution in [0.4, 0.5) is 11.4 Å². The van der Waals surface area contributed by atoms with Gasteiger partial charge in [-0.1, -0.05) is 0 Å². The van der Waals surface area contributed by atoms with Crippen molar-refractivity contribution in [2.24, 2.45) is 16.8 Å². The van der Waals surface area contributed by atoms with E-state index in [-0.39, 0.29) is 11.7 Å². The zero-order valence-electron chi connectivity index (χ0n) is 12.5. The Morgan fingerprint density at radius 3 is 2.35 bits per heavy atom. The lowest BCUT2D eigenvalue weighted by Gasteiger charge is -2.11. The summed E-state index contributed by atoms with van der Waals surface area (Å²) in [4.78, 5) is 12.3. The van der Waals surface area contributed by atoms with Gasteiger partial charge in [-0.3, -0.25) is 4.79 Å². The minimum absolute atomic E-state index is 0.268. The molecule has 8 nitrogen and oxygen atoms in total. The smallest absolute Gasteiger partial charge is 0.255 e. The van der Waals surface area contributed by atoms with Crippen LogP contribution in [0.5, 0.6) is 5.75 Å². The fraction of sp³-hybridized carbons (Fsp3) is 0.0667. The third kappa shape index (κ3) is 3.69. The summed E-state index contributed by atoms with van der Waals surface area (Å²) in [7, 11) is 1.56. The summed E-state index contributed by atoms with van der Waals surface area (Å²) in [6.07, 6.45) is 0. The Bertz CT molecular complexity index is 727. The van der Waals surface area contributed by atoms with E-state index in [2.05, 4.69) is 15.8 Å². The summed E-state index contributed by atoms with van der Waals surface area (Å²) >= 11 is 0. The minimum atomic E-state index is -0.302. The molecule has 1 amide bonds. The molecule has 0 heterocycles. The number of amides is 1. The normalized spacial score (nSPS) is 11.0. The first kappa shape index (κ1) is 16.1. The monoisotopic (exact) mass is 314 g/mol. The third-order valence-electron chi connectivity index (χ3n) is 3.19. The van der Waals surface area contributed by atoms with Crippen molar-refractivity contribution >= 4 is 23.1 Å². The lowest BCUT2D eigenvalue weighted by molar-refractivity contribution is 0.102. The number of amidine groups is 1. The van der Waals surface area contributed by atoms with Gasteiger partial charge < -0.3 is 27.1 Å². The van der Waals surface area contributed by atoms with Gasteiger partial charge in [0.25, 0.3) is 5.91 Å². The number of carbonyl (C=O) groups is 1. The van der Waals surface area contributed by atoms with Gasteiger partial charge >= 0.3 is 0 Å². The van der Waals surface area contributed by atoms with E-state index in [9.17, 15) is 4.79 Å². The number of hydrogen-bond acceptors (Lipinski definition) is 6. The molecule has 8 heteroatoms. The Morgan fingerprint density at radius 2 is 1.78 bits per heavy atom. The van der Waals surface area contributed by atoms with Crippen molar-refractivity contribution in [3.8, 4) is 5.75 Å². The number of nitrogen functional groups attached to an aromatic ring is 1. The number of rotatable bonds is 4. The van der Waals surface area contributed by atoms with Gasteiger partial charge in [-0.15, -0.1) is 0 Å². The van der Waals surface area contributed by atoms with Crippen LogP contribution in [0.1, 0.15) is 15.9 Å². The molecule has 8 N–H and O–H groups in total. The van der Waals surface area contributed by atoms with Crippen molar-refractivity contribution in [1.29, 1.82) is 0 Å². The Labute approximate surface area is 133 Å². The van der Waals surface area contributed by atoms with Gasteiger partial charge in [-0.2, -0.15) is 5.10 Å². The van der Waals surface area contributed by atoms with Crippen molar-refractivity contribution in [2.45, 2.75) is 0 Å². The van der Waals surface area contributed by atoms with Crippen LogP contribution in [0.25, 0.3) is 0 Å². The van der Waals surface area contributed by atoms with Crippen LogP contribution >= 0.6 is 0 Å². The summed E-state index contributed by atoms with van der Waals surface area (Å²) in [5, 5.41) is 6.26. The fourth-order valence-electron chi connectivity index (χ4n) is 1.94. The number of hydrogen-bond donors (Lipinski definition) is 5. The van der Waals surface area contributed by atoms with Gasteiger partial charge in [0.05, 0.1) is 18.5 Å². The molecule has 0 aromatic heterocycles. The molecule has 2 rings (SSSR count). The number of anilines is 2. The summed E-state index contributed by atoms with van der Waals surface area (Å²) in [5.41, 5.74) is 10.2. The standard InChI is InChI=1S/C15H18N6O2/c1-23-11-5-2-9(3-6-11)15(22)19-13-8-10(4-7-12(13)16)14(20-17)21-18/h2-8H,16-18H2,1H3,(H,19,22)(H,20,21). The molecule has 2 aromatic rings. The van der Waals surface area contributed by atoms with E-state index >= 15 is 0 Å². The van der Waals surface area contributed by atoms with Crippen LogP contribution in [0, 0.1) is 0 Å². The van der Waals surface area contributed by atoms with E-state index in [4.69, 9.17) is 22.2 Å². The van der Waals surface area contributed by atoms with Gasteiger partial charge in [0.2, 0.25) is 0 Å². The van der Waals surface area contributed by atoms with Gasteiger partial charge in [0.15, 0.2) is 5.84 Å². The Kier molecular flexibility index (Phi) is 5.00. The molecule has 0 aliphatic rings. The predicted octanol–water partition coefficient (Wildman–Crippen LogP) is 0.613. The molecular formula is C15H18N6O2. The molecule has 0 unspecified atom stereocenters. The molecule has 0 spiro atoms. The second-order valence-electron chi connectivity index (χ2n) is 4.61. The van der Waals surface area contributed by atoms with Crippen molar-refractivity contribution in [3.63, 3.8) is 0 Å². The van der Waals surface area contributed by atoms with Crippen LogP contribution in [0.3, 0.4) is 0 Å². The summed E-state index contributed by atoms with van der Waals surface area (Å²) in [5.74, 6) is 11.2. The van der Waals surface area contributed by atoms with E-state index in [1.54, 1.807) is 49.6 Å². The molecule has 0 aliphatic heterocycles. The molecule has 0 bridgehead atoms. The van der Waals surface area contributed by atoms with E-state index in [0.29, 0.717) is 28.3 Å². The third-order valence-corrected chi connectivity index (χ3v) is 3.19. The highest BCUT2D eigenvalue weighted by Crippen LogP contribution is 2.21. The molecular weight excluding hydrogens is 296 g/mol. The number of nitrogens with two attached hydrogens (primary N) is 3.